The maximum atomic E-state index is 9.24. The molecule has 0 aliphatic carbocycles. The molecule has 0 saturated carbocycles. The van der Waals surface area contributed by atoms with E-state index in [1.54, 1.807) is 36.4 Å². The minimum atomic E-state index is -0.449. The van der Waals surface area contributed by atoms with Crippen molar-refractivity contribution >= 4 is 11.6 Å². The van der Waals surface area contributed by atoms with Gasteiger partial charge in [-0.05, 0) is 29.8 Å². The number of aromatic nitrogens is 1. The fourth-order valence-electron chi connectivity index (χ4n) is 1.61. The zero-order valence-electron chi connectivity index (χ0n) is 9.34. The van der Waals surface area contributed by atoms with Crippen molar-refractivity contribution in [2.75, 3.05) is 0 Å². The third-order valence-electron chi connectivity index (χ3n) is 2.54. The van der Waals surface area contributed by atoms with Crippen molar-refractivity contribution in [2.45, 2.75) is 5.92 Å². The Balaban J connectivity index is 2.37. The molecule has 1 heterocycles. The standard InChI is InChI=1S/C14H8ClN3/c15-12-4-2-11(3-5-12)13(8-17)14-6-1-10(7-16)9-18-14/h1-6,9,13H. The van der Waals surface area contributed by atoms with Crippen molar-refractivity contribution in [3.8, 4) is 12.1 Å². The predicted molar refractivity (Wildman–Crippen MR) is 67.9 cm³/mol. The molecule has 0 aliphatic heterocycles. The van der Waals surface area contributed by atoms with Gasteiger partial charge in [-0.25, -0.2) is 0 Å². The average Bonchev–Trinajstić information content (AvgIpc) is 2.42. The van der Waals surface area contributed by atoms with Gasteiger partial charge in [0.2, 0.25) is 0 Å². The molecular formula is C14H8ClN3. The highest BCUT2D eigenvalue weighted by molar-refractivity contribution is 6.30. The second-order valence-electron chi connectivity index (χ2n) is 3.70. The van der Waals surface area contributed by atoms with Crippen LogP contribution < -0.4 is 0 Å². The van der Waals surface area contributed by atoms with E-state index in [4.69, 9.17) is 16.9 Å². The normalized spacial score (nSPS) is 11.3. The lowest BCUT2D eigenvalue weighted by Crippen LogP contribution is -2.00. The molecule has 86 valence electrons. The Morgan fingerprint density at radius 1 is 1.06 bits per heavy atom. The van der Waals surface area contributed by atoms with Crippen molar-refractivity contribution in [2.24, 2.45) is 0 Å². The van der Waals surface area contributed by atoms with Gasteiger partial charge in [-0.2, -0.15) is 10.5 Å². The molecule has 2 aromatic rings. The van der Waals surface area contributed by atoms with Crippen LogP contribution in [0.3, 0.4) is 0 Å². The molecule has 0 amide bonds. The molecule has 1 unspecified atom stereocenters. The molecular weight excluding hydrogens is 246 g/mol. The first kappa shape index (κ1) is 12.1. The van der Waals surface area contributed by atoms with E-state index in [1.165, 1.54) is 6.20 Å². The van der Waals surface area contributed by atoms with E-state index in [-0.39, 0.29) is 0 Å². The Morgan fingerprint density at radius 2 is 1.78 bits per heavy atom. The molecule has 0 saturated heterocycles. The second kappa shape index (κ2) is 5.31. The van der Waals surface area contributed by atoms with Crippen LogP contribution in [0, 0.1) is 22.7 Å². The highest BCUT2D eigenvalue weighted by Gasteiger charge is 2.14. The van der Waals surface area contributed by atoms with Gasteiger partial charge in [0.05, 0.1) is 17.3 Å². The van der Waals surface area contributed by atoms with Crippen LogP contribution in [0.15, 0.2) is 42.6 Å². The van der Waals surface area contributed by atoms with Gasteiger partial charge in [0.1, 0.15) is 12.0 Å². The molecule has 1 aromatic heterocycles. The third kappa shape index (κ3) is 2.48. The van der Waals surface area contributed by atoms with Crippen molar-refractivity contribution in [3.05, 3.63) is 64.4 Å². The van der Waals surface area contributed by atoms with E-state index in [9.17, 15) is 5.26 Å². The van der Waals surface area contributed by atoms with Gasteiger partial charge in [-0.15, -0.1) is 0 Å². The number of nitrogens with zero attached hydrogens (tertiary/aromatic N) is 3. The van der Waals surface area contributed by atoms with Gasteiger partial charge in [0.25, 0.3) is 0 Å². The Hall–Kier alpha value is -2.36. The second-order valence-corrected chi connectivity index (χ2v) is 4.13. The Kier molecular flexibility index (Phi) is 3.57. The largest absolute Gasteiger partial charge is 0.258 e. The van der Waals surface area contributed by atoms with Crippen LogP contribution in [-0.4, -0.2) is 4.98 Å². The smallest absolute Gasteiger partial charge is 0.113 e. The highest BCUT2D eigenvalue weighted by Crippen LogP contribution is 2.23. The molecule has 4 heteroatoms. The maximum Gasteiger partial charge on any atom is 0.113 e. The van der Waals surface area contributed by atoms with Gasteiger partial charge in [-0.1, -0.05) is 23.7 Å². The van der Waals surface area contributed by atoms with Crippen molar-refractivity contribution in [1.82, 2.24) is 4.98 Å². The SMILES string of the molecule is N#Cc1ccc(C(C#N)c2ccc(Cl)cc2)nc1. The summed E-state index contributed by atoms with van der Waals surface area (Å²) in [5, 5.41) is 18.6. The van der Waals surface area contributed by atoms with Crippen molar-refractivity contribution in [3.63, 3.8) is 0 Å². The van der Waals surface area contributed by atoms with Gasteiger partial charge in [0.15, 0.2) is 0 Å². The first-order valence-corrected chi connectivity index (χ1v) is 5.63. The number of halogens is 1. The van der Waals surface area contributed by atoms with Crippen LogP contribution in [0.5, 0.6) is 0 Å². The number of pyridine rings is 1. The lowest BCUT2D eigenvalue weighted by molar-refractivity contribution is 0.964. The number of rotatable bonds is 2. The Bertz CT molecular complexity index is 618. The number of hydrogen-bond acceptors (Lipinski definition) is 3. The van der Waals surface area contributed by atoms with Crippen molar-refractivity contribution in [1.29, 1.82) is 10.5 Å². The van der Waals surface area contributed by atoms with Crippen LogP contribution >= 0.6 is 11.6 Å². The first-order chi connectivity index (χ1) is 8.74. The lowest BCUT2D eigenvalue weighted by atomic mass is 9.96. The molecule has 1 atom stereocenters. The van der Waals surface area contributed by atoms with Gasteiger partial charge < -0.3 is 0 Å². The monoisotopic (exact) mass is 253 g/mol. The van der Waals surface area contributed by atoms with E-state index in [2.05, 4.69) is 11.1 Å². The zero-order chi connectivity index (χ0) is 13.0. The van der Waals surface area contributed by atoms with E-state index in [1.807, 2.05) is 6.07 Å². The minimum Gasteiger partial charge on any atom is -0.258 e. The summed E-state index contributed by atoms with van der Waals surface area (Å²) in [6.07, 6.45) is 1.47. The molecule has 0 bridgehead atoms. The molecule has 0 spiro atoms. The highest BCUT2D eigenvalue weighted by atomic mass is 35.5. The molecule has 2 rings (SSSR count). The molecule has 0 N–H and O–H groups in total. The fraction of sp³-hybridized carbons (Fsp3) is 0.0714. The predicted octanol–water partition coefficient (Wildman–Crippen LogP) is 3.26. The molecule has 3 nitrogen and oxygen atoms in total. The minimum absolute atomic E-state index is 0.449. The summed E-state index contributed by atoms with van der Waals surface area (Å²) in [6.45, 7) is 0. The third-order valence-corrected chi connectivity index (χ3v) is 2.80. The van der Waals surface area contributed by atoms with Crippen LogP contribution in [0.2, 0.25) is 5.02 Å². The number of hydrogen-bond donors (Lipinski definition) is 0. The van der Waals surface area contributed by atoms with E-state index in [0.717, 1.165) is 5.56 Å². The van der Waals surface area contributed by atoms with Crippen LogP contribution in [0.4, 0.5) is 0 Å². The topological polar surface area (TPSA) is 60.5 Å². The number of nitriles is 2. The van der Waals surface area contributed by atoms with Crippen LogP contribution in [0.1, 0.15) is 22.7 Å². The molecule has 0 radical (unpaired) electrons. The van der Waals surface area contributed by atoms with E-state index >= 15 is 0 Å². The summed E-state index contributed by atoms with van der Waals surface area (Å²) in [7, 11) is 0. The molecule has 18 heavy (non-hydrogen) atoms. The van der Waals surface area contributed by atoms with Crippen LogP contribution in [0.25, 0.3) is 0 Å². The molecule has 0 fully saturated rings. The lowest BCUT2D eigenvalue weighted by Gasteiger charge is -2.08. The summed E-state index contributed by atoms with van der Waals surface area (Å²) in [5.41, 5.74) is 1.93. The van der Waals surface area contributed by atoms with Gasteiger partial charge in [0, 0.05) is 11.2 Å². The Morgan fingerprint density at radius 3 is 2.28 bits per heavy atom. The summed E-state index contributed by atoms with van der Waals surface area (Å²) in [5.74, 6) is -0.449. The molecule has 1 aromatic carbocycles. The van der Waals surface area contributed by atoms with Crippen molar-refractivity contribution < 1.29 is 0 Å². The maximum absolute atomic E-state index is 9.24. The summed E-state index contributed by atoms with van der Waals surface area (Å²) in [4.78, 5) is 4.14. The van der Waals surface area contributed by atoms with E-state index in [0.29, 0.717) is 16.3 Å². The van der Waals surface area contributed by atoms with Crippen LogP contribution in [-0.2, 0) is 0 Å². The Labute approximate surface area is 110 Å². The van der Waals surface area contributed by atoms with E-state index < -0.39 is 5.92 Å². The molecule has 0 aliphatic rings. The average molecular weight is 254 g/mol. The first-order valence-electron chi connectivity index (χ1n) is 5.25. The summed E-state index contributed by atoms with van der Waals surface area (Å²) < 4.78 is 0. The van der Waals surface area contributed by atoms with Gasteiger partial charge >= 0.3 is 0 Å². The summed E-state index contributed by atoms with van der Waals surface area (Å²) >= 11 is 5.81. The zero-order valence-corrected chi connectivity index (χ0v) is 10.1. The fourth-order valence-corrected chi connectivity index (χ4v) is 1.73. The summed E-state index contributed by atoms with van der Waals surface area (Å²) in [6, 6.07) is 14.6. The number of benzene rings is 1. The van der Waals surface area contributed by atoms with Gasteiger partial charge in [-0.3, -0.25) is 4.98 Å². The quantitative estimate of drug-likeness (QED) is 0.825.